The van der Waals surface area contributed by atoms with Crippen LogP contribution >= 0.6 is 22.7 Å². The summed E-state index contributed by atoms with van der Waals surface area (Å²) in [6.45, 7) is 7.38. The Labute approximate surface area is 200 Å². The molecule has 0 saturated heterocycles. The summed E-state index contributed by atoms with van der Waals surface area (Å²) >= 11 is 3.30. The molecule has 8 nitrogen and oxygen atoms in total. The number of nitrogens with one attached hydrogen (secondary N) is 2. The van der Waals surface area contributed by atoms with Gasteiger partial charge in [-0.3, -0.25) is 0 Å². The molecule has 2 aromatic heterocycles. The number of hydrogen-bond donors (Lipinski definition) is 3. The Morgan fingerprint density at radius 1 is 1.27 bits per heavy atom. The second-order valence-electron chi connectivity index (χ2n) is 8.40. The van der Waals surface area contributed by atoms with E-state index in [1.807, 2.05) is 12.1 Å². The van der Waals surface area contributed by atoms with E-state index >= 15 is 0 Å². The molecule has 1 aromatic carbocycles. The van der Waals surface area contributed by atoms with Crippen LogP contribution in [0.5, 0.6) is 11.5 Å². The van der Waals surface area contributed by atoms with E-state index in [-0.39, 0.29) is 6.79 Å². The van der Waals surface area contributed by atoms with Gasteiger partial charge in [0.15, 0.2) is 11.5 Å². The molecule has 3 aromatic rings. The van der Waals surface area contributed by atoms with Gasteiger partial charge in [0, 0.05) is 41.7 Å². The molecule has 33 heavy (non-hydrogen) atoms. The van der Waals surface area contributed by atoms with Gasteiger partial charge >= 0.3 is 6.09 Å². The van der Waals surface area contributed by atoms with Gasteiger partial charge in [0.2, 0.25) is 6.79 Å². The summed E-state index contributed by atoms with van der Waals surface area (Å²) in [7, 11) is 0. The lowest BCUT2D eigenvalue weighted by Crippen LogP contribution is -2.34. The smallest absolute Gasteiger partial charge is 0.407 e. The summed E-state index contributed by atoms with van der Waals surface area (Å²) in [5.41, 5.74) is 3.24. The number of carboxylic acid groups (broad SMARTS) is 1. The number of nitrogens with zero attached hydrogens (tertiary/aromatic N) is 2. The van der Waals surface area contributed by atoms with E-state index in [1.54, 1.807) is 22.7 Å². The Morgan fingerprint density at radius 2 is 2.09 bits per heavy atom. The third kappa shape index (κ3) is 4.47. The number of ether oxygens (including phenoxy) is 2. The van der Waals surface area contributed by atoms with Crippen LogP contribution in [-0.4, -0.2) is 53.6 Å². The Bertz CT molecular complexity index is 1130. The van der Waals surface area contributed by atoms with Crippen molar-refractivity contribution >= 4 is 44.0 Å². The molecular weight excluding hydrogens is 460 g/mol. The standard InChI is InChI=1S/C23H28N4O4S2/c1-3-13(2)24-6-4-7-25-21-20(14-5-8-27(23(28)29)11-19(14)33-21)22-26-15-9-16-17(31-12-30-16)10-18(15)32-22/h9-10,13,24-25H,3-8,11-12H2,1-2H3,(H,28,29). The normalized spacial score (nSPS) is 15.6. The zero-order valence-corrected chi connectivity index (χ0v) is 20.4. The number of hydrogen-bond acceptors (Lipinski definition) is 8. The van der Waals surface area contributed by atoms with E-state index in [4.69, 9.17) is 14.5 Å². The zero-order chi connectivity index (χ0) is 22.9. The number of anilines is 1. The number of amides is 1. The Morgan fingerprint density at radius 3 is 2.88 bits per heavy atom. The second kappa shape index (κ2) is 9.36. The quantitative estimate of drug-likeness (QED) is 0.385. The van der Waals surface area contributed by atoms with Crippen molar-refractivity contribution in [3.05, 3.63) is 22.6 Å². The van der Waals surface area contributed by atoms with E-state index in [0.717, 1.165) is 68.1 Å². The number of benzene rings is 1. The first-order valence-corrected chi connectivity index (χ1v) is 13.0. The van der Waals surface area contributed by atoms with Gasteiger partial charge in [-0.05, 0) is 38.3 Å². The molecule has 0 fully saturated rings. The minimum Gasteiger partial charge on any atom is -0.465 e. The van der Waals surface area contributed by atoms with E-state index in [0.29, 0.717) is 25.6 Å². The fourth-order valence-corrected chi connectivity index (χ4v) is 6.54. The Kier molecular flexibility index (Phi) is 6.31. The topological polar surface area (TPSA) is 96.0 Å². The first kappa shape index (κ1) is 22.2. The van der Waals surface area contributed by atoms with E-state index in [9.17, 15) is 9.90 Å². The van der Waals surface area contributed by atoms with Gasteiger partial charge < -0.3 is 30.1 Å². The van der Waals surface area contributed by atoms with Crippen molar-refractivity contribution in [2.45, 2.75) is 45.7 Å². The maximum Gasteiger partial charge on any atom is 0.407 e. The van der Waals surface area contributed by atoms with Crippen LogP contribution in [0.2, 0.25) is 0 Å². The molecule has 176 valence electrons. The average Bonchev–Trinajstić information content (AvgIpc) is 3.51. The van der Waals surface area contributed by atoms with Crippen LogP contribution in [0.3, 0.4) is 0 Å². The average molecular weight is 489 g/mol. The lowest BCUT2D eigenvalue weighted by atomic mass is 10.0. The highest BCUT2D eigenvalue weighted by atomic mass is 32.1. The highest BCUT2D eigenvalue weighted by molar-refractivity contribution is 7.22. The van der Waals surface area contributed by atoms with Gasteiger partial charge in [0.1, 0.15) is 5.01 Å². The molecule has 1 amide bonds. The van der Waals surface area contributed by atoms with Crippen molar-refractivity contribution in [1.82, 2.24) is 15.2 Å². The van der Waals surface area contributed by atoms with Gasteiger partial charge in [0.05, 0.1) is 21.8 Å². The summed E-state index contributed by atoms with van der Waals surface area (Å²) in [4.78, 5) is 19.1. The van der Waals surface area contributed by atoms with Crippen LogP contribution in [0.25, 0.3) is 20.8 Å². The lowest BCUT2D eigenvalue weighted by Gasteiger charge is -2.24. The van der Waals surface area contributed by atoms with Crippen LogP contribution in [0, 0.1) is 0 Å². The van der Waals surface area contributed by atoms with Gasteiger partial charge in [-0.2, -0.15) is 0 Å². The molecule has 2 aliphatic heterocycles. The van der Waals surface area contributed by atoms with Crippen LogP contribution in [0.4, 0.5) is 9.80 Å². The predicted octanol–water partition coefficient (Wildman–Crippen LogP) is 4.98. The van der Waals surface area contributed by atoms with Crippen molar-refractivity contribution in [1.29, 1.82) is 0 Å². The van der Waals surface area contributed by atoms with E-state index < -0.39 is 6.09 Å². The monoisotopic (exact) mass is 488 g/mol. The van der Waals surface area contributed by atoms with Crippen molar-refractivity contribution in [3.63, 3.8) is 0 Å². The number of thiazole rings is 1. The minimum atomic E-state index is -0.865. The van der Waals surface area contributed by atoms with E-state index in [2.05, 4.69) is 24.5 Å². The summed E-state index contributed by atoms with van der Waals surface area (Å²) in [5, 5.41) is 18.7. The Hall–Kier alpha value is -2.56. The third-order valence-electron chi connectivity index (χ3n) is 6.17. The predicted molar refractivity (Wildman–Crippen MR) is 132 cm³/mol. The highest BCUT2D eigenvalue weighted by Crippen LogP contribution is 2.47. The molecule has 0 bridgehead atoms. The summed E-state index contributed by atoms with van der Waals surface area (Å²) in [6.07, 6.45) is 1.96. The SMILES string of the molecule is CCC(C)NCCCNc1sc2c(c1-c1nc3cc4c(cc3s1)OCO4)CCN(C(=O)O)C2. The Balaban J connectivity index is 1.43. The summed E-state index contributed by atoms with van der Waals surface area (Å²) < 4.78 is 12.1. The zero-order valence-electron chi connectivity index (χ0n) is 18.8. The molecule has 10 heteroatoms. The largest absolute Gasteiger partial charge is 0.465 e. The van der Waals surface area contributed by atoms with Gasteiger partial charge in [-0.25, -0.2) is 9.78 Å². The van der Waals surface area contributed by atoms with Crippen LogP contribution in [0.1, 0.15) is 37.1 Å². The molecule has 0 spiro atoms. The molecule has 1 unspecified atom stereocenters. The first-order valence-electron chi connectivity index (χ1n) is 11.3. The van der Waals surface area contributed by atoms with Crippen molar-refractivity contribution in [2.75, 3.05) is 31.7 Å². The number of rotatable bonds is 8. The van der Waals surface area contributed by atoms with Crippen LogP contribution in [-0.2, 0) is 13.0 Å². The van der Waals surface area contributed by atoms with Crippen molar-refractivity contribution in [2.24, 2.45) is 0 Å². The molecule has 4 heterocycles. The summed E-state index contributed by atoms with van der Waals surface area (Å²) in [6, 6.07) is 4.46. The minimum absolute atomic E-state index is 0.248. The summed E-state index contributed by atoms with van der Waals surface area (Å²) in [5.74, 6) is 1.49. The highest BCUT2D eigenvalue weighted by Gasteiger charge is 2.29. The first-order chi connectivity index (χ1) is 16.0. The molecule has 1 atom stereocenters. The van der Waals surface area contributed by atoms with Crippen molar-refractivity contribution in [3.8, 4) is 22.1 Å². The fourth-order valence-electron chi connectivity index (χ4n) is 4.13. The van der Waals surface area contributed by atoms with Crippen LogP contribution < -0.4 is 20.1 Å². The third-order valence-corrected chi connectivity index (χ3v) is 8.38. The van der Waals surface area contributed by atoms with Crippen LogP contribution in [0.15, 0.2) is 12.1 Å². The second-order valence-corrected chi connectivity index (χ2v) is 10.5. The lowest BCUT2D eigenvalue weighted by molar-refractivity contribution is 0.140. The molecule has 0 saturated carbocycles. The van der Waals surface area contributed by atoms with Crippen molar-refractivity contribution < 1.29 is 19.4 Å². The number of carbonyl (C=O) groups is 1. The maximum atomic E-state index is 11.5. The van der Waals surface area contributed by atoms with Gasteiger partial charge in [-0.1, -0.05) is 6.92 Å². The maximum absolute atomic E-state index is 11.5. The number of thiophene rings is 1. The van der Waals surface area contributed by atoms with Gasteiger partial charge in [-0.15, -0.1) is 22.7 Å². The molecule has 3 N–H and O–H groups in total. The molecule has 2 aliphatic rings. The molecule has 5 rings (SSSR count). The number of aromatic nitrogens is 1. The number of fused-ring (bicyclic) bond motifs is 3. The van der Waals surface area contributed by atoms with Gasteiger partial charge in [0.25, 0.3) is 0 Å². The molecule has 0 radical (unpaired) electrons. The fraction of sp³-hybridized carbons (Fsp3) is 0.478. The van der Waals surface area contributed by atoms with E-state index in [1.165, 1.54) is 10.5 Å². The molecular formula is C23H28N4O4S2. The molecule has 0 aliphatic carbocycles.